The Bertz CT molecular complexity index is 506. The van der Waals surface area contributed by atoms with Gasteiger partial charge in [0.15, 0.2) is 5.60 Å². The summed E-state index contributed by atoms with van der Waals surface area (Å²) < 4.78 is 5.68. The number of hydrogen-bond acceptors (Lipinski definition) is 2. The van der Waals surface area contributed by atoms with E-state index in [1.165, 1.54) is 0 Å². The van der Waals surface area contributed by atoms with Crippen LogP contribution in [0.4, 0.5) is 0 Å². The molecule has 0 spiro atoms. The molecule has 0 atom stereocenters. The van der Waals surface area contributed by atoms with Crippen LogP contribution in [0.25, 0.3) is 0 Å². The number of carbonyl (C=O) groups is 1. The molecule has 1 aliphatic heterocycles. The number of carbonyl (C=O) groups excluding carboxylic acids is 1. The number of cyclic esters (lactones) is 1. The molecule has 1 aliphatic rings. The summed E-state index contributed by atoms with van der Waals surface area (Å²) in [4.78, 5) is 11.6. The molecule has 0 unspecified atom stereocenters. The lowest BCUT2D eigenvalue weighted by atomic mass is 9.84. The summed E-state index contributed by atoms with van der Waals surface area (Å²) in [6.45, 7) is 0. The molecule has 0 bridgehead atoms. The third-order valence-corrected chi connectivity index (χ3v) is 3.45. The Hall–Kier alpha value is -2.09. The molecule has 2 aromatic carbocycles. The highest BCUT2D eigenvalue weighted by Gasteiger charge is 2.43. The molecule has 90 valence electrons. The van der Waals surface area contributed by atoms with Crippen LogP contribution in [-0.4, -0.2) is 5.97 Å². The van der Waals surface area contributed by atoms with Crippen LogP contribution in [-0.2, 0) is 15.1 Å². The van der Waals surface area contributed by atoms with E-state index in [4.69, 9.17) is 4.74 Å². The zero-order chi connectivity index (χ0) is 12.4. The van der Waals surface area contributed by atoms with Gasteiger partial charge in [-0.15, -0.1) is 0 Å². The molecule has 0 amide bonds. The highest BCUT2D eigenvalue weighted by atomic mass is 16.6. The third kappa shape index (κ3) is 1.70. The van der Waals surface area contributed by atoms with E-state index in [-0.39, 0.29) is 5.97 Å². The number of ether oxygens (including phenoxy) is 1. The first-order valence-corrected chi connectivity index (χ1v) is 6.14. The van der Waals surface area contributed by atoms with E-state index in [0.29, 0.717) is 12.8 Å². The van der Waals surface area contributed by atoms with Crippen LogP contribution < -0.4 is 0 Å². The second-order valence-electron chi connectivity index (χ2n) is 4.53. The number of hydrogen-bond donors (Lipinski definition) is 0. The van der Waals surface area contributed by atoms with Gasteiger partial charge in [0, 0.05) is 17.5 Å². The molecule has 0 aromatic heterocycles. The Balaban J connectivity index is 2.14. The second-order valence-corrected chi connectivity index (χ2v) is 4.53. The van der Waals surface area contributed by atoms with Crippen molar-refractivity contribution < 1.29 is 9.53 Å². The fourth-order valence-corrected chi connectivity index (χ4v) is 2.56. The summed E-state index contributed by atoms with van der Waals surface area (Å²) in [5, 5.41) is 0. The minimum atomic E-state index is -0.598. The number of esters is 1. The van der Waals surface area contributed by atoms with E-state index in [9.17, 15) is 4.79 Å². The van der Waals surface area contributed by atoms with Gasteiger partial charge in [-0.1, -0.05) is 60.7 Å². The molecule has 1 fully saturated rings. The molecular weight excluding hydrogens is 224 g/mol. The maximum absolute atomic E-state index is 11.6. The SMILES string of the molecule is O=C1CCC(c2ccccc2)(c2ccccc2)O1. The molecule has 2 heteroatoms. The summed E-state index contributed by atoms with van der Waals surface area (Å²) in [5.41, 5.74) is 1.49. The Morgan fingerprint density at radius 1 is 0.833 bits per heavy atom. The van der Waals surface area contributed by atoms with Crippen molar-refractivity contribution >= 4 is 5.97 Å². The largest absolute Gasteiger partial charge is 0.449 e. The van der Waals surface area contributed by atoms with Gasteiger partial charge < -0.3 is 4.74 Å². The maximum Gasteiger partial charge on any atom is 0.307 e. The van der Waals surface area contributed by atoms with E-state index < -0.39 is 5.60 Å². The van der Waals surface area contributed by atoms with Crippen LogP contribution in [0.2, 0.25) is 0 Å². The normalized spacial score (nSPS) is 17.4. The van der Waals surface area contributed by atoms with E-state index in [2.05, 4.69) is 0 Å². The smallest absolute Gasteiger partial charge is 0.307 e. The van der Waals surface area contributed by atoms with Crippen molar-refractivity contribution in [2.45, 2.75) is 18.4 Å². The van der Waals surface area contributed by atoms with Crippen molar-refractivity contribution in [3.8, 4) is 0 Å². The number of benzene rings is 2. The minimum absolute atomic E-state index is 0.122. The summed E-state index contributed by atoms with van der Waals surface area (Å²) in [5.74, 6) is -0.122. The molecule has 0 N–H and O–H groups in total. The van der Waals surface area contributed by atoms with Gasteiger partial charge in [0.25, 0.3) is 0 Å². The van der Waals surface area contributed by atoms with E-state index in [1.54, 1.807) is 0 Å². The molecule has 1 saturated heterocycles. The molecule has 2 aromatic rings. The van der Waals surface area contributed by atoms with Crippen LogP contribution in [0.1, 0.15) is 24.0 Å². The quantitative estimate of drug-likeness (QED) is 0.750. The predicted molar refractivity (Wildman–Crippen MR) is 69.0 cm³/mol. The summed E-state index contributed by atoms with van der Waals surface area (Å²) >= 11 is 0. The fraction of sp³-hybridized carbons (Fsp3) is 0.188. The Morgan fingerprint density at radius 2 is 1.33 bits per heavy atom. The molecule has 0 radical (unpaired) electrons. The monoisotopic (exact) mass is 238 g/mol. The van der Waals surface area contributed by atoms with Crippen LogP contribution in [0.15, 0.2) is 60.7 Å². The average molecular weight is 238 g/mol. The van der Waals surface area contributed by atoms with Crippen LogP contribution in [0, 0.1) is 0 Å². The molecule has 0 aliphatic carbocycles. The van der Waals surface area contributed by atoms with Crippen LogP contribution in [0.5, 0.6) is 0 Å². The van der Waals surface area contributed by atoms with E-state index >= 15 is 0 Å². The zero-order valence-electron chi connectivity index (χ0n) is 10.0. The van der Waals surface area contributed by atoms with Crippen molar-refractivity contribution in [2.24, 2.45) is 0 Å². The molecule has 18 heavy (non-hydrogen) atoms. The third-order valence-electron chi connectivity index (χ3n) is 3.45. The lowest BCUT2D eigenvalue weighted by Gasteiger charge is -2.28. The summed E-state index contributed by atoms with van der Waals surface area (Å²) in [6, 6.07) is 19.9. The molecule has 3 rings (SSSR count). The van der Waals surface area contributed by atoms with Crippen molar-refractivity contribution in [1.29, 1.82) is 0 Å². The highest BCUT2D eigenvalue weighted by molar-refractivity contribution is 5.73. The van der Waals surface area contributed by atoms with Gasteiger partial charge in [0.1, 0.15) is 0 Å². The van der Waals surface area contributed by atoms with Crippen molar-refractivity contribution in [2.75, 3.05) is 0 Å². The van der Waals surface area contributed by atoms with Gasteiger partial charge in [0.05, 0.1) is 6.42 Å². The first-order chi connectivity index (χ1) is 8.81. The fourth-order valence-electron chi connectivity index (χ4n) is 2.56. The zero-order valence-corrected chi connectivity index (χ0v) is 10.0. The Labute approximate surface area is 106 Å². The first kappa shape index (κ1) is 11.0. The van der Waals surface area contributed by atoms with Crippen molar-refractivity contribution in [3.05, 3.63) is 71.8 Å². The van der Waals surface area contributed by atoms with E-state index in [0.717, 1.165) is 11.1 Å². The predicted octanol–water partition coefficient (Wildman–Crippen LogP) is 3.27. The van der Waals surface area contributed by atoms with Gasteiger partial charge in [-0.25, -0.2) is 0 Å². The topological polar surface area (TPSA) is 26.3 Å². The summed E-state index contributed by atoms with van der Waals surface area (Å²) in [7, 11) is 0. The van der Waals surface area contributed by atoms with E-state index in [1.807, 2.05) is 60.7 Å². The van der Waals surface area contributed by atoms with Gasteiger partial charge >= 0.3 is 5.97 Å². The van der Waals surface area contributed by atoms with Gasteiger partial charge in [0.2, 0.25) is 0 Å². The highest BCUT2D eigenvalue weighted by Crippen LogP contribution is 2.42. The molecule has 0 saturated carbocycles. The average Bonchev–Trinajstić information content (AvgIpc) is 2.84. The molecule has 2 nitrogen and oxygen atoms in total. The van der Waals surface area contributed by atoms with Crippen LogP contribution in [0.3, 0.4) is 0 Å². The van der Waals surface area contributed by atoms with Gasteiger partial charge in [-0.3, -0.25) is 4.79 Å². The van der Waals surface area contributed by atoms with Crippen molar-refractivity contribution in [3.63, 3.8) is 0 Å². The van der Waals surface area contributed by atoms with Gasteiger partial charge in [-0.05, 0) is 0 Å². The Kier molecular flexibility index (Phi) is 2.63. The molecular formula is C16H14O2. The van der Waals surface area contributed by atoms with Crippen molar-refractivity contribution in [1.82, 2.24) is 0 Å². The van der Waals surface area contributed by atoms with Crippen LogP contribution >= 0.6 is 0 Å². The standard InChI is InChI=1S/C16H14O2/c17-15-11-12-16(18-15,13-7-3-1-4-8-13)14-9-5-2-6-10-14/h1-10H,11-12H2. The maximum atomic E-state index is 11.6. The minimum Gasteiger partial charge on any atom is -0.449 e. The lowest BCUT2D eigenvalue weighted by Crippen LogP contribution is -2.27. The molecule has 1 heterocycles. The van der Waals surface area contributed by atoms with Gasteiger partial charge in [-0.2, -0.15) is 0 Å². The summed E-state index contributed by atoms with van der Waals surface area (Å²) in [6.07, 6.45) is 1.18. The second kappa shape index (κ2) is 4.30. The lowest BCUT2D eigenvalue weighted by molar-refractivity contribution is -0.146. The number of rotatable bonds is 2. The Morgan fingerprint density at radius 3 is 1.72 bits per heavy atom. The first-order valence-electron chi connectivity index (χ1n) is 6.14.